The predicted octanol–water partition coefficient (Wildman–Crippen LogP) is 3.30. The van der Waals surface area contributed by atoms with E-state index in [1.165, 1.54) is 0 Å². The van der Waals surface area contributed by atoms with Crippen molar-refractivity contribution in [1.29, 1.82) is 0 Å². The fraction of sp³-hybridized carbons (Fsp3) is 1.00. The molecular weight excluding hydrogens is 163 g/mol. The summed E-state index contributed by atoms with van der Waals surface area (Å²) < 4.78 is 0. The quantitative estimate of drug-likeness (QED) is 0.599. The van der Waals surface area contributed by atoms with Crippen LogP contribution in [0.1, 0.15) is 0 Å². The summed E-state index contributed by atoms with van der Waals surface area (Å²) in [7, 11) is 0. The highest BCUT2D eigenvalue weighted by Crippen LogP contribution is 2.66. The molecule has 0 amide bonds. The summed E-state index contributed by atoms with van der Waals surface area (Å²) in [5.41, 5.74) is 0.196. The highest BCUT2D eigenvalue weighted by molar-refractivity contribution is 9.12. The molecular formula is C3H9PS3. The van der Waals surface area contributed by atoms with Crippen molar-refractivity contribution in [2.24, 2.45) is 0 Å². The Bertz CT molecular complexity index is 31.7. The minimum Gasteiger partial charge on any atom is -0.116 e. The van der Waals surface area contributed by atoms with E-state index < -0.39 is 0 Å². The van der Waals surface area contributed by atoms with Gasteiger partial charge in [-0.1, -0.05) is 0 Å². The Balaban J connectivity index is 2.99. The van der Waals surface area contributed by atoms with Crippen molar-refractivity contribution in [3.05, 3.63) is 0 Å². The molecule has 0 saturated heterocycles. The van der Waals surface area contributed by atoms with Crippen molar-refractivity contribution >= 4 is 39.7 Å². The Morgan fingerprint density at radius 1 is 0.857 bits per heavy atom. The van der Waals surface area contributed by atoms with Crippen LogP contribution in [-0.4, -0.2) is 18.8 Å². The number of hydrogen-bond acceptors (Lipinski definition) is 3. The molecule has 0 nitrogen and oxygen atoms in total. The first-order chi connectivity index (χ1) is 3.35. The Kier molecular flexibility index (Phi) is 6.80. The van der Waals surface area contributed by atoms with Gasteiger partial charge in [0.2, 0.25) is 0 Å². The van der Waals surface area contributed by atoms with E-state index in [4.69, 9.17) is 0 Å². The molecule has 0 atom stereocenters. The molecule has 0 aromatic rings. The van der Waals surface area contributed by atoms with E-state index in [1.54, 1.807) is 0 Å². The average Bonchev–Trinajstić information content (AvgIpc) is 1.72. The third-order valence-corrected chi connectivity index (χ3v) is 12.1. The van der Waals surface area contributed by atoms with E-state index in [-0.39, 0.29) is 5.53 Å². The molecule has 0 N–H and O–H groups in total. The zero-order valence-corrected chi connectivity index (χ0v) is 8.02. The average molecular weight is 172 g/mol. The van der Waals surface area contributed by atoms with Gasteiger partial charge in [0.25, 0.3) is 0 Å². The molecule has 0 heterocycles. The maximum atomic E-state index is 2.17. The minimum atomic E-state index is 0.196. The topological polar surface area (TPSA) is 0 Å². The van der Waals surface area contributed by atoms with Crippen molar-refractivity contribution in [3.8, 4) is 0 Å². The fourth-order valence-corrected chi connectivity index (χ4v) is 6.04. The van der Waals surface area contributed by atoms with Crippen LogP contribution in [0.3, 0.4) is 0 Å². The summed E-state index contributed by atoms with van der Waals surface area (Å²) in [5, 5.41) is 0. The molecule has 0 aliphatic rings. The molecule has 0 aromatic heterocycles. The molecule has 0 saturated carbocycles. The highest BCUT2D eigenvalue weighted by atomic mass is 33.4. The van der Waals surface area contributed by atoms with Crippen molar-refractivity contribution in [2.75, 3.05) is 18.8 Å². The van der Waals surface area contributed by atoms with E-state index >= 15 is 0 Å². The number of rotatable bonds is 3. The molecule has 0 aliphatic heterocycles. The van der Waals surface area contributed by atoms with Crippen LogP contribution in [-0.2, 0) is 0 Å². The van der Waals surface area contributed by atoms with E-state index in [0.29, 0.717) is 0 Å². The molecule has 0 fully saturated rings. The smallest absolute Gasteiger partial charge is 0.0720 e. The van der Waals surface area contributed by atoms with Gasteiger partial charge in [0.15, 0.2) is 0 Å². The van der Waals surface area contributed by atoms with Gasteiger partial charge < -0.3 is 0 Å². The largest absolute Gasteiger partial charge is 0.116 e. The van der Waals surface area contributed by atoms with Gasteiger partial charge in [-0.25, -0.2) is 0 Å². The second kappa shape index (κ2) is 5.61. The Morgan fingerprint density at radius 2 is 1.14 bits per heavy atom. The Hall–Kier alpha value is 1.48. The standard InChI is InChI=1S/C3H9PS3/c1-5-4(6-2)7-3/h1-3H3. The Labute approximate surface area is 58.6 Å². The zero-order chi connectivity index (χ0) is 5.70. The zero-order valence-electron chi connectivity index (χ0n) is 4.67. The van der Waals surface area contributed by atoms with E-state index in [9.17, 15) is 0 Å². The van der Waals surface area contributed by atoms with E-state index in [0.717, 1.165) is 0 Å². The third kappa shape index (κ3) is 4.01. The second-order valence-electron chi connectivity index (χ2n) is 0.771. The summed E-state index contributed by atoms with van der Waals surface area (Å²) >= 11 is 5.88. The van der Waals surface area contributed by atoms with Gasteiger partial charge in [0.05, 0.1) is 5.53 Å². The highest BCUT2D eigenvalue weighted by Gasteiger charge is 1.97. The van der Waals surface area contributed by atoms with Crippen LogP contribution in [0.5, 0.6) is 0 Å². The van der Waals surface area contributed by atoms with Crippen molar-refractivity contribution in [3.63, 3.8) is 0 Å². The first kappa shape index (κ1) is 8.48. The maximum Gasteiger partial charge on any atom is 0.0720 e. The van der Waals surface area contributed by atoms with Crippen molar-refractivity contribution in [2.45, 2.75) is 0 Å². The monoisotopic (exact) mass is 172 g/mol. The van der Waals surface area contributed by atoms with Gasteiger partial charge in [0, 0.05) is 0 Å². The summed E-state index contributed by atoms with van der Waals surface area (Å²) in [6, 6.07) is 0. The van der Waals surface area contributed by atoms with Gasteiger partial charge in [-0.2, -0.15) is 0 Å². The lowest BCUT2D eigenvalue weighted by Crippen LogP contribution is -1.45. The molecule has 0 aromatic carbocycles. The first-order valence-electron chi connectivity index (χ1n) is 1.77. The van der Waals surface area contributed by atoms with Crippen LogP contribution in [0.4, 0.5) is 0 Å². The van der Waals surface area contributed by atoms with Crippen LogP contribution >= 0.6 is 39.7 Å². The fourth-order valence-electron chi connectivity index (χ4n) is 0.224. The molecule has 7 heavy (non-hydrogen) atoms. The van der Waals surface area contributed by atoms with Gasteiger partial charge in [-0.15, -0.1) is 34.1 Å². The molecule has 0 spiro atoms. The SMILES string of the molecule is CSP(SC)SC. The van der Waals surface area contributed by atoms with E-state index in [2.05, 4.69) is 18.8 Å². The lowest BCUT2D eigenvalue weighted by atomic mass is 12.0. The molecule has 0 radical (unpaired) electrons. The van der Waals surface area contributed by atoms with Crippen molar-refractivity contribution in [1.82, 2.24) is 0 Å². The van der Waals surface area contributed by atoms with Gasteiger partial charge in [0.1, 0.15) is 0 Å². The number of hydrogen-bond donors (Lipinski definition) is 0. The summed E-state index contributed by atoms with van der Waals surface area (Å²) in [6.45, 7) is 0. The van der Waals surface area contributed by atoms with Crippen LogP contribution in [0, 0.1) is 0 Å². The summed E-state index contributed by atoms with van der Waals surface area (Å²) in [6.07, 6.45) is 6.50. The van der Waals surface area contributed by atoms with Crippen LogP contribution in [0.2, 0.25) is 0 Å². The van der Waals surface area contributed by atoms with Crippen LogP contribution in [0.25, 0.3) is 0 Å². The lowest BCUT2D eigenvalue weighted by molar-refractivity contribution is 2.53. The first-order valence-corrected chi connectivity index (χ1v) is 8.60. The predicted molar refractivity (Wildman–Crippen MR) is 47.5 cm³/mol. The normalized spacial score (nSPS) is 10.3. The van der Waals surface area contributed by atoms with Gasteiger partial charge in [-0.3, -0.25) is 0 Å². The van der Waals surface area contributed by atoms with Crippen LogP contribution < -0.4 is 0 Å². The van der Waals surface area contributed by atoms with Crippen molar-refractivity contribution < 1.29 is 0 Å². The van der Waals surface area contributed by atoms with Crippen LogP contribution in [0.15, 0.2) is 0 Å². The maximum absolute atomic E-state index is 2.17. The molecule has 44 valence electrons. The minimum absolute atomic E-state index is 0.196. The third-order valence-electron chi connectivity index (χ3n) is 0.447. The molecule has 0 rings (SSSR count). The van der Waals surface area contributed by atoms with Gasteiger partial charge in [-0.05, 0) is 18.8 Å². The summed E-state index contributed by atoms with van der Waals surface area (Å²) in [4.78, 5) is 0. The molecule has 0 aliphatic carbocycles. The van der Waals surface area contributed by atoms with E-state index in [1.807, 2.05) is 34.1 Å². The molecule has 0 unspecified atom stereocenters. The molecule has 4 heteroatoms. The second-order valence-corrected chi connectivity index (χ2v) is 11.0. The lowest BCUT2D eigenvalue weighted by Gasteiger charge is -2.03. The summed E-state index contributed by atoms with van der Waals surface area (Å²) in [5.74, 6) is 0. The molecule has 0 bridgehead atoms. The Morgan fingerprint density at radius 3 is 1.14 bits per heavy atom. The van der Waals surface area contributed by atoms with Gasteiger partial charge >= 0.3 is 0 Å².